The van der Waals surface area contributed by atoms with Gasteiger partial charge in [-0.05, 0) is 44.4 Å². The molecule has 0 unspecified atom stereocenters. The van der Waals surface area contributed by atoms with E-state index in [1.54, 1.807) is 19.9 Å². The van der Waals surface area contributed by atoms with Crippen molar-refractivity contribution in [1.29, 1.82) is 0 Å². The average molecular weight is 339 g/mol. The van der Waals surface area contributed by atoms with Crippen LogP contribution in [-0.4, -0.2) is 40.4 Å². The first-order valence-corrected chi connectivity index (χ1v) is 7.91. The normalized spacial score (nSPS) is 14.5. The van der Waals surface area contributed by atoms with E-state index in [0.717, 1.165) is 0 Å². The van der Waals surface area contributed by atoms with Gasteiger partial charge in [0.05, 0.1) is 0 Å². The second kappa shape index (κ2) is 9.12. The summed E-state index contributed by atoms with van der Waals surface area (Å²) in [4.78, 5) is 23.5. The Morgan fingerprint density at radius 1 is 1.12 bits per heavy atom. The van der Waals surface area contributed by atoms with Crippen LogP contribution in [-0.2, 0) is 25.5 Å². The maximum absolute atomic E-state index is 12.0. The van der Waals surface area contributed by atoms with Gasteiger partial charge in [0.15, 0.2) is 11.5 Å². The van der Waals surface area contributed by atoms with E-state index >= 15 is 0 Å². The Labute approximate surface area is 141 Å². The molecule has 0 saturated carbocycles. The molecule has 7 heteroatoms. The molecule has 0 bridgehead atoms. The Hall–Kier alpha value is -2.28. The van der Waals surface area contributed by atoms with Crippen LogP contribution in [0.5, 0.6) is 11.5 Å². The monoisotopic (exact) mass is 339 g/mol. The standard InChI is InChI=1S/C17H25NO6/c1-4-5-16(21)23-10(2)11(3)24-17(22)13(18)8-12-6-7-14(19)15(20)9-12/h6-7,9-11,13,19-20H,4-5,8,18H2,1-3H3/t10-,11-,13+/m1/s1. The van der Waals surface area contributed by atoms with Crippen LogP contribution >= 0.6 is 0 Å². The number of hydrogen-bond donors (Lipinski definition) is 3. The molecule has 0 aliphatic rings. The van der Waals surface area contributed by atoms with E-state index in [9.17, 15) is 19.8 Å². The molecular weight excluding hydrogens is 314 g/mol. The quantitative estimate of drug-likeness (QED) is 0.486. The Kier molecular flexibility index (Phi) is 7.51. The van der Waals surface area contributed by atoms with Crippen molar-refractivity contribution in [3.05, 3.63) is 23.8 Å². The SMILES string of the molecule is CCCC(=O)O[C@H](C)[C@@H](C)OC(=O)[C@@H](N)Cc1ccc(O)c(O)c1. The second-order valence-electron chi connectivity index (χ2n) is 5.72. The minimum Gasteiger partial charge on any atom is -0.504 e. The zero-order valence-electron chi connectivity index (χ0n) is 14.2. The van der Waals surface area contributed by atoms with Gasteiger partial charge in [-0.15, -0.1) is 0 Å². The highest BCUT2D eigenvalue weighted by molar-refractivity contribution is 5.76. The lowest BCUT2D eigenvalue weighted by atomic mass is 10.1. The Morgan fingerprint density at radius 3 is 2.33 bits per heavy atom. The molecule has 1 aromatic carbocycles. The zero-order valence-corrected chi connectivity index (χ0v) is 14.2. The van der Waals surface area contributed by atoms with Crippen LogP contribution in [0, 0.1) is 0 Å². The van der Waals surface area contributed by atoms with Gasteiger partial charge in [-0.3, -0.25) is 9.59 Å². The van der Waals surface area contributed by atoms with Crippen LogP contribution < -0.4 is 5.73 Å². The Bertz CT molecular complexity index is 574. The lowest BCUT2D eigenvalue weighted by molar-refractivity contribution is -0.166. The van der Waals surface area contributed by atoms with Gasteiger partial charge in [0.1, 0.15) is 18.2 Å². The van der Waals surface area contributed by atoms with Crippen molar-refractivity contribution >= 4 is 11.9 Å². The molecule has 0 saturated heterocycles. The lowest BCUT2D eigenvalue weighted by Gasteiger charge is -2.22. The number of carbonyl (C=O) groups is 2. The van der Waals surface area contributed by atoms with Gasteiger partial charge in [0.25, 0.3) is 0 Å². The molecule has 24 heavy (non-hydrogen) atoms. The average Bonchev–Trinajstić information content (AvgIpc) is 2.50. The van der Waals surface area contributed by atoms with Crippen molar-refractivity contribution in [2.24, 2.45) is 5.73 Å². The fraction of sp³-hybridized carbons (Fsp3) is 0.529. The van der Waals surface area contributed by atoms with E-state index in [2.05, 4.69) is 0 Å². The minimum absolute atomic E-state index is 0.142. The molecule has 0 radical (unpaired) electrons. The summed E-state index contributed by atoms with van der Waals surface area (Å²) < 4.78 is 10.4. The van der Waals surface area contributed by atoms with Gasteiger partial charge in [0.2, 0.25) is 0 Å². The number of phenols is 2. The third-order valence-corrected chi connectivity index (χ3v) is 3.53. The molecule has 0 aliphatic carbocycles. The third kappa shape index (κ3) is 6.08. The predicted octanol–water partition coefficient (Wildman–Crippen LogP) is 1.63. The van der Waals surface area contributed by atoms with Gasteiger partial charge in [-0.2, -0.15) is 0 Å². The van der Waals surface area contributed by atoms with Crippen molar-refractivity contribution < 1.29 is 29.3 Å². The number of ether oxygens (including phenoxy) is 2. The number of nitrogens with two attached hydrogens (primary N) is 1. The van der Waals surface area contributed by atoms with Gasteiger partial charge >= 0.3 is 11.9 Å². The molecule has 134 valence electrons. The predicted molar refractivity (Wildman–Crippen MR) is 87.5 cm³/mol. The van der Waals surface area contributed by atoms with Crippen LogP contribution in [0.2, 0.25) is 0 Å². The first kappa shape index (κ1) is 19.8. The summed E-state index contributed by atoms with van der Waals surface area (Å²) in [6.07, 6.45) is -0.0574. The first-order valence-electron chi connectivity index (χ1n) is 7.91. The molecule has 1 aromatic rings. The first-order chi connectivity index (χ1) is 11.2. The van der Waals surface area contributed by atoms with Gasteiger partial charge in [0, 0.05) is 6.42 Å². The maximum atomic E-state index is 12.0. The third-order valence-electron chi connectivity index (χ3n) is 3.53. The van der Waals surface area contributed by atoms with E-state index in [-0.39, 0.29) is 23.9 Å². The summed E-state index contributed by atoms with van der Waals surface area (Å²) in [6.45, 7) is 5.14. The molecule has 0 amide bonds. The number of aromatic hydroxyl groups is 2. The fourth-order valence-electron chi connectivity index (χ4n) is 1.97. The number of phenolic OH excluding ortho intramolecular Hbond substituents is 2. The molecule has 3 atom stereocenters. The summed E-state index contributed by atoms with van der Waals surface area (Å²) in [7, 11) is 0. The topological polar surface area (TPSA) is 119 Å². The van der Waals surface area contributed by atoms with Crippen LogP contribution in [0.1, 0.15) is 39.2 Å². The number of benzene rings is 1. The highest BCUT2D eigenvalue weighted by atomic mass is 16.6. The van der Waals surface area contributed by atoms with E-state index in [1.165, 1.54) is 12.1 Å². The number of carbonyl (C=O) groups excluding carboxylic acids is 2. The summed E-state index contributed by atoms with van der Waals surface area (Å²) >= 11 is 0. The summed E-state index contributed by atoms with van der Waals surface area (Å²) in [5, 5.41) is 18.7. The summed E-state index contributed by atoms with van der Waals surface area (Å²) in [5.41, 5.74) is 6.40. The minimum atomic E-state index is -0.935. The molecule has 1 rings (SSSR count). The molecule has 0 aliphatic heterocycles. The van der Waals surface area contributed by atoms with Crippen molar-refractivity contribution in [3.63, 3.8) is 0 Å². The Balaban J connectivity index is 2.53. The van der Waals surface area contributed by atoms with E-state index in [4.69, 9.17) is 15.2 Å². The van der Waals surface area contributed by atoms with Gasteiger partial charge in [-0.1, -0.05) is 13.0 Å². The molecule has 0 spiro atoms. The smallest absolute Gasteiger partial charge is 0.323 e. The zero-order chi connectivity index (χ0) is 18.3. The van der Waals surface area contributed by atoms with Crippen molar-refractivity contribution in [2.45, 2.75) is 58.3 Å². The van der Waals surface area contributed by atoms with E-state index in [0.29, 0.717) is 18.4 Å². The fourth-order valence-corrected chi connectivity index (χ4v) is 1.97. The van der Waals surface area contributed by atoms with Crippen molar-refractivity contribution in [2.75, 3.05) is 0 Å². The highest BCUT2D eigenvalue weighted by Crippen LogP contribution is 2.25. The van der Waals surface area contributed by atoms with Gasteiger partial charge < -0.3 is 25.4 Å². The number of esters is 2. The van der Waals surface area contributed by atoms with E-state index in [1.807, 2.05) is 6.92 Å². The van der Waals surface area contributed by atoms with Crippen molar-refractivity contribution in [1.82, 2.24) is 0 Å². The van der Waals surface area contributed by atoms with E-state index < -0.39 is 24.2 Å². The number of hydrogen-bond acceptors (Lipinski definition) is 7. The van der Waals surface area contributed by atoms with Crippen LogP contribution in [0.4, 0.5) is 0 Å². The molecule has 4 N–H and O–H groups in total. The van der Waals surface area contributed by atoms with Crippen LogP contribution in [0.15, 0.2) is 18.2 Å². The molecule has 0 fully saturated rings. The molecular formula is C17H25NO6. The molecule has 0 heterocycles. The molecule has 0 aromatic heterocycles. The maximum Gasteiger partial charge on any atom is 0.323 e. The van der Waals surface area contributed by atoms with Crippen LogP contribution in [0.25, 0.3) is 0 Å². The highest BCUT2D eigenvalue weighted by Gasteiger charge is 2.24. The Morgan fingerprint density at radius 2 is 1.75 bits per heavy atom. The molecule has 7 nitrogen and oxygen atoms in total. The lowest BCUT2D eigenvalue weighted by Crippen LogP contribution is -2.39. The summed E-state index contributed by atoms with van der Waals surface area (Å²) in [5.74, 6) is -1.49. The number of rotatable bonds is 8. The largest absolute Gasteiger partial charge is 0.504 e. The summed E-state index contributed by atoms with van der Waals surface area (Å²) in [6, 6.07) is 3.28. The van der Waals surface area contributed by atoms with Crippen molar-refractivity contribution in [3.8, 4) is 11.5 Å². The van der Waals surface area contributed by atoms with Gasteiger partial charge in [-0.25, -0.2) is 0 Å². The second-order valence-corrected chi connectivity index (χ2v) is 5.72. The van der Waals surface area contributed by atoms with Crippen LogP contribution in [0.3, 0.4) is 0 Å².